The van der Waals surface area contributed by atoms with Crippen LogP contribution in [0.5, 0.6) is 0 Å². The van der Waals surface area contributed by atoms with Crippen LogP contribution >= 0.6 is 0 Å². The average molecular weight is 303 g/mol. The second-order valence-electron chi connectivity index (χ2n) is 7.46. The fourth-order valence-corrected chi connectivity index (χ4v) is 4.00. The molecule has 0 spiro atoms. The number of fused-ring (bicyclic) bond motifs is 1. The molecule has 2 aliphatic carbocycles. The zero-order valence-electron chi connectivity index (χ0n) is 13.3. The molecule has 2 atom stereocenters. The Hall–Kier alpha value is -1.43. The van der Waals surface area contributed by atoms with E-state index in [0.717, 1.165) is 50.4 Å². The topological polar surface area (TPSA) is 77.0 Å². The average Bonchev–Trinajstić information content (AvgIpc) is 3.25. The van der Waals surface area contributed by atoms with Crippen molar-refractivity contribution in [3.8, 4) is 0 Å². The molecule has 0 saturated heterocycles. The van der Waals surface area contributed by atoms with Crippen LogP contribution in [-0.2, 0) is 17.9 Å². The summed E-state index contributed by atoms with van der Waals surface area (Å²) in [7, 11) is 0. The molecule has 0 aromatic carbocycles. The lowest BCUT2D eigenvalue weighted by molar-refractivity contribution is -0.140. The van der Waals surface area contributed by atoms with Crippen LogP contribution in [0, 0.1) is 5.92 Å². The van der Waals surface area contributed by atoms with E-state index in [9.17, 15) is 4.79 Å². The number of carbonyl (C=O) groups excluding carboxylic acids is 1. The van der Waals surface area contributed by atoms with Gasteiger partial charge < -0.3 is 15.2 Å². The van der Waals surface area contributed by atoms with E-state index in [1.807, 2.05) is 11.8 Å². The van der Waals surface area contributed by atoms with Gasteiger partial charge in [0.2, 0.25) is 5.91 Å². The van der Waals surface area contributed by atoms with Gasteiger partial charge in [-0.25, -0.2) is 0 Å². The number of rotatable bonds is 2. The Morgan fingerprint density at radius 3 is 2.77 bits per heavy atom. The summed E-state index contributed by atoms with van der Waals surface area (Å²) in [6, 6.07) is 0. The van der Waals surface area contributed by atoms with E-state index in [-0.39, 0.29) is 17.4 Å². The third-order valence-electron chi connectivity index (χ3n) is 5.59. The summed E-state index contributed by atoms with van der Waals surface area (Å²) in [5.74, 6) is 2.85. The maximum Gasteiger partial charge on any atom is 0.227 e. The largest absolute Gasteiger partial charge is 0.333 e. The fraction of sp³-hybridized carbons (Fsp3) is 0.812. The first-order chi connectivity index (χ1) is 10.6. The molecule has 1 aromatic heterocycles. The zero-order valence-corrected chi connectivity index (χ0v) is 13.3. The normalized spacial score (nSPS) is 31.9. The Kier molecular flexibility index (Phi) is 3.25. The van der Waals surface area contributed by atoms with Crippen LogP contribution in [0.4, 0.5) is 0 Å². The van der Waals surface area contributed by atoms with Crippen molar-refractivity contribution in [3.05, 3.63) is 11.6 Å². The van der Waals surface area contributed by atoms with Crippen molar-refractivity contribution in [2.24, 2.45) is 11.7 Å². The van der Waals surface area contributed by atoms with Crippen molar-refractivity contribution >= 4 is 5.91 Å². The summed E-state index contributed by atoms with van der Waals surface area (Å²) in [6.07, 6.45) is 6.57. The molecular weight excluding hydrogens is 278 g/mol. The maximum atomic E-state index is 12.9. The quantitative estimate of drug-likeness (QED) is 0.896. The van der Waals surface area contributed by atoms with Gasteiger partial charge in [0.25, 0.3) is 0 Å². The minimum Gasteiger partial charge on any atom is -0.333 e. The predicted molar refractivity (Wildman–Crippen MR) is 82.0 cm³/mol. The molecule has 0 radical (unpaired) electrons. The Morgan fingerprint density at radius 1 is 1.23 bits per heavy atom. The van der Waals surface area contributed by atoms with Gasteiger partial charge in [0.05, 0.1) is 12.5 Å². The van der Waals surface area contributed by atoms with Crippen molar-refractivity contribution in [2.45, 2.75) is 70.0 Å². The maximum absolute atomic E-state index is 12.9. The monoisotopic (exact) mass is 303 g/mol. The molecule has 2 saturated carbocycles. The first-order valence-corrected chi connectivity index (χ1v) is 8.56. The highest BCUT2D eigenvalue weighted by Gasteiger charge is 2.41. The molecule has 6 heteroatoms. The smallest absolute Gasteiger partial charge is 0.227 e. The van der Waals surface area contributed by atoms with Crippen LogP contribution in [0.3, 0.4) is 0 Å². The van der Waals surface area contributed by atoms with E-state index in [1.54, 1.807) is 0 Å². The fourth-order valence-electron chi connectivity index (χ4n) is 4.00. The zero-order chi connectivity index (χ0) is 15.3. The van der Waals surface area contributed by atoms with Crippen molar-refractivity contribution in [2.75, 3.05) is 6.54 Å². The molecule has 22 heavy (non-hydrogen) atoms. The van der Waals surface area contributed by atoms with Crippen LogP contribution in [0.2, 0.25) is 0 Å². The molecule has 0 bridgehead atoms. The van der Waals surface area contributed by atoms with Gasteiger partial charge >= 0.3 is 0 Å². The Labute approximate surface area is 131 Å². The number of aromatic nitrogens is 3. The molecule has 120 valence electrons. The van der Waals surface area contributed by atoms with Gasteiger partial charge in [0.15, 0.2) is 5.82 Å². The summed E-state index contributed by atoms with van der Waals surface area (Å²) in [5.41, 5.74) is 6.03. The van der Waals surface area contributed by atoms with Gasteiger partial charge in [-0.05, 0) is 32.6 Å². The second-order valence-corrected chi connectivity index (χ2v) is 7.46. The lowest BCUT2D eigenvalue weighted by Crippen LogP contribution is -2.54. The first-order valence-electron chi connectivity index (χ1n) is 8.56. The van der Waals surface area contributed by atoms with E-state index >= 15 is 0 Å². The molecule has 4 rings (SSSR count). The van der Waals surface area contributed by atoms with Gasteiger partial charge in [0, 0.05) is 24.5 Å². The van der Waals surface area contributed by atoms with Crippen LogP contribution in [0.1, 0.15) is 63.0 Å². The van der Waals surface area contributed by atoms with E-state index in [1.165, 1.54) is 12.8 Å². The van der Waals surface area contributed by atoms with Crippen LogP contribution in [0.15, 0.2) is 0 Å². The molecule has 2 N–H and O–H groups in total. The lowest BCUT2D eigenvalue weighted by Gasteiger charge is -2.40. The van der Waals surface area contributed by atoms with E-state index in [2.05, 4.69) is 14.8 Å². The number of amides is 1. The van der Waals surface area contributed by atoms with Crippen molar-refractivity contribution in [3.63, 3.8) is 0 Å². The van der Waals surface area contributed by atoms with E-state index < -0.39 is 0 Å². The first kappa shape index (κ1) is 14.2. The molecule has 2 fully saturated rings. The van der Waals surface area contributed by atoms with Crippen LogP contribution < -0.4 is 5.73 Å². The lowest BCUT2D eigenvalue weighted by atomic mass is 9.74. The molecule has 1 aliphatic heterocycles. The summed E-state index contributed by atoms with van der Waals surface area (Å²) in [4.78, 5) is 14.9. The highest BCUT2D eigenvalue weighted by Crippen LogP contribution is 2.40. The number of carbonyl (C=O) groups is 1. The standard InChI is InChI=1S/C16H25N5O/c1-16(17)7-3-2-4-12(16)15(22)20-8-9-21-13(10-20)18-19-14(21)11-5-6-11/h11-12H,2-10,17H2,1H3. The van der Waals surface area contributed by atoms with E-state index in [0.29, 0.717) is 12.5 Å². The minimum atomic E-state index is -0.361. The number of hydrogen-bond acceptors (Lipinski definition) is 4. The van der Waals surface area contributed by atoms with Crippen LogP contribution in [0.25, 0.3) is 0 Å². The highest BCUT2D eigenvalue weighted by atomic mass is 16.2. The van der Waals surface area contributed by atoms with Crippen molar-refractivity contribution in [1.82, 2.24) is 19.7 Å². The molecule has 6 nitrogen and oxygen atoms in total. The second kappa shape index (κ2) is 5.05. The highest BCUT2D eigenvalue weighted by molar-refractivity contribution is 5.80. The summed E-state index contributed by atoms with van der Waals surface area (Å²) in [6.45, 7) is 4.21. The number of nitrogens with zero attached hydrogens (tertiary/aromatic N) is 4. The SMILES string of the molecule is CC1(N)CCCCC1C(=O)N1CCn2c(nnc2C2CC2)C1. The molecule has 3 aliphatic rings. The van der Waals surface area contributed by atoms with Gasteiger partial charge in [-0.2, -0.15) is 0 Å². The summed E-state index contributed by atoms with van der Waals surface area (Å²) < 4.78 is 2.23. The van der Waals surface area contributed by atoms with Gasteiger partial charge in [-0.15, -0.1) is 10.2 Å². The Bertz CT molecular complexity index is 589. The third-order valence-corrected chi connectivity index (χ3v) is 5.59. The number of hydrogen-bond donors (Lipinski definition) is 1. The van der Waals surface area contributed by atoms with Gasteiger partial charge in [-0.1, -0.05) is 12.8 Å². The van der Waals surface area contributed by atoms with Crippen molar-refractivity contribution < 1.29 is 4.79 Å². The summed E-state index contributed by atoms with van der Waals surface area (Å²) in [5, 5.41) is 8.66. The van der Waals surface area contributed by atoms with Crippen molar-refractivity contribution in [1.29, 1.82) is 0 Å². The minimum absolute atomic E-state index is 0.0429. The Balaban J connectivity index is 1.50. The van der Waals surface area contributed by atoms with Gasteiger partial charge in [0.1, 0.15) is 5.82 Å². The Morgan fingerprint density at radius 2 is 2.05 bits per heavy atom. The number of nitrogens with two attached hydrogens (primary N) is 1. The molecule has 1 aromatic rings. The predicted octanol–water partition coefficient (Wildman–Crippen LogP) is 1.41. The summed E-state index contributed by atoms with van der Waals surface area (Å²) >= 11 is 0. The molecule has 2 heterocycles. The third kappa shape index (κ3) is 2.33. The van der Waals surface area contributed by atoms with Crippen LogP contribution in [-0.4, -0.2) is 37.7 Å². The molecular formula is C16H25N5O. The molecule has 1 amide bonds. The van der Waals surface area contributed by atoms with Gasteiger partial charge in [-0.3, -0.25) is 4.79 Å². The molecule has 2 unspecified atom stereocenters. The van der Waals surface area contributed by atoms with E-state index in [4.69, 9.17) is 5.73 Å².